The summed E-state index contributed by atoms with van der Waals surface area (Å²) >= 11 is 0. The number of ketones is 1. The Morgan fingerprint density at radius 3 is 2.56 bits per heavy atom. The zero-order valence-electron chi connectivity index (χ0n) is 8.83. The molecule has 0 aromatic heterocycles. The molecule has 3 nitrogen and oxygen atoms in total. The Hall–Kier alpha value is -1.97. The highest BCUT2D eigenvalue weighted by Gasteiger charge is 2.16. The zero-order chi connectivity index (χ0) is 12.1. The van der Waals surface area contributed by atoms with Crippen molar-refractivity contribution < 1.29 is 18.7 Å². The predicted molar refractivity (Wildman–Crippen MR) is 56.5 cm³/mol. The first-order valence-corrected chi connectivity index (χ1v) is 4.60. The Kier molecular flexibility index (Phi) is 3.94. The van der Waals surface area contributed by atoms with Gasteiger partial charge in [-0.25, -0.2) is 9.18 Å². The van der Waals surface area contributed by atoms with Crippen LogP contribution in [-0.4, -0.2) is 18.9 Å². The quantitative estimate of drug-likeness (QED) is 0.445. The fourth-order valence-electron chi connectivity index (χ4n) is 1.19. The average Bonchev–Trinajstić information content (AvgIpc) is 2.28. The Labute approximate surface area is 92.5 Å². The van der Waals surface area contributed by atoms with Crippen LogP contribution in [0.4, 0.5) is 4.39 Å². The van der Waals surface area contributed by atoms with Gasteiger partial charge >= 0.3 is 5.97 Å². The van der Waals surface area contributed by atoms with Crippen molar-refractivity contribution in [3.05, 3.63) is 47.8 Å². The van der Waals surface area contributed by atoms with E-state index in [1.54, 1.807) is 6.07 Å². The normalized spacial score (nSPS) is 9.62. The van der Waals surface area contributed by atoms with Crippen LogP contribution in [0.1, 0.15) is 16.8 Å². The Balaban J connectivity index is 2.78. The van der Waals surface area contributed by atoms with Gasteiger partial charge in [-0.3, -0.25) is 4.79 Å². The number of methoxy groups -OCH3 is 1. The van der Waals surface area contributed by atoms with Crippen molar-refractivity contribution in [3.63, 3.8) is 0 Å². The molecule has 0 atom stereocenters. The van der Waals surface area contributed by atoms with Gasteiger partial charge in [-0.1, -0.05) is 18.7 Å². The van der Waals surface area contributed by atoms with E-state index in [2.05, 4.69) is 11.3 Å². The van der Waals surface area contributed by atoms with Crippen molar-refractivity contribution in [2.75, 3.05) is 7.11 Å². The summed E-state index contributed by atoms with van der Waals surface area (Å²) in [6.07, 6.45) is -0.242. The molecule has 1 rings (SSSR count). The molecule has 0 aliphatic carbocycles. The van der Waals surface area contributed by atoms with Crippen LogP contribution in [0.5, 0.6) is 0 Å². The smallest absolute Gasteiger partial charge is 0.333 e. The molecule has 0 amide bonds. The molecule has 0 bridgehead atoms. The maximum Gasteiger partial charge on any atom is 0.333 e. The summed E-state index contributed by atoms with van der Waals surface area (Å²) < 4.78 is 17.6. The number of benzene rings is 1. The number of hydrogen-bond acceptors (Lipinski definition) is 3. The van der Waals surface area contributed by atoms with Gasteiger partial charge < -0.3 is 4.74 Å². The van der Waals surface area contributed by atoms with E-state index in [4.69, 9.17) is 0 Å². The first-order valence-electron chi connectivity index (χ1n) is 4.60. The topological polar surface area (TPSA) is 43.4 Å². The van der Waals surface area contributed by atoms with Crippen LogP contribution in [0.25, 0.3) is 0 Å². The maximum atomic E-state index is 13.2. The van der Waals surface area contributed by atoms with Crippen LogP contribution in [0.15, 0.2) is 36.4 Å². The Morgan fingerprint density at radius 1 is 1.38 bits per heavy atom. The third-order valence-electron chi connectivity index (χ3n) is 2.02. The Morgan fingerprint density at radius 2 is 2.00 bits per heavy atom. The highest BCUT2D eigenvalue weighted by atomic mass is 19.1. The summed E-state index contributed by atoms with van der Waals surface area (Å²) in [6, 6.07) is 5.59. The molecule has 84 valence electrons. The van der Waals surface area contributed by atoms with E-state index in [1.165, 1.54) is 25.3 Å². The molecule has 16 heavy (non-hydrogen) atoms. The summed E-state index contributed by atoms with van der Waals surface area (Å²) in [6.45, 7) is 3.40. The number of Topliss-reactive ketones (excluding diaryl/α,β-unsaturated/α-hetero) is 1. The van der Waals surface area contributed by atoms with Gasteiger partial charge in [0.05, 0.1) is 12.7 Å². The Bertz CT molecular complexity index is 438. The number of hydrogen-bond donors (Lipinski definition) is 0. The first-order chi connectivity index (χ1) is 7.56. The van der Waals surface area contributed by atoms with Gasteiger partial charge in [0, 0.05) is 12.0 Å². The number of esters is 1. The van der Waals surface area contributed by atoms with Crippen molar-refractivity contribution in [2.24, 2.45) is 0 Å². The largest absolute Gasteiger partial charge is 0.466 e. The van der Waals surface area contributed by atoms with Crippen molar-refractivity contribution in [3.8, 4) is 0 Å². The average molecular weight is 222 g/mol. The van der Waals surface area contributed by atoms with Gasteiger partial charge in [-0.15, -0.1) is 0 Å². The van der Waals surface area contributed by atoms with Crippen LogP contribution in [0.2, 0.25) is 0 Å². The van der Waals surface area contributed by atoms with Crippen molar-refractivity contribution >= 4 is 11.8 Å². The number of ether oxygens (including phenoxy) is 1. The van der Waals surface area contributed by atoms with Crippen LogP contribution < -0.4 is 0 Å². The van der Waals surface area contributed by atoms with E-state index in [0.717, 1.165) is 0 Å². The molecule has 0 spiro atoms. The molecule has 1 aromatic carbocycles. The molecule has 1 aromatic rings. The third-order valence-corrected chi connectivity index (χ3v) is 2.02. The van der Waals surface area contributed by atoms with Crippen molar-refractivity contribution in [2.45, 2.75) is 6.42 Å². The minimum Gasteiger partial charge on any atom is -0.466 e. The molecule has 0 radical (unpaired) electrons. The molecule has 4 heteroatoms. The molecule has 0 saturated heterocycles. The lowest BCUT2D eigenvalue weighted by Gasteiger charge is -2.03. The van der Waals surface area contributed by atoms with Gasteiger partial charge in [0.2, 0.25) is 0 Å². The molecule has 0 N–H and O–H groups in total. The highest BCUT2D eigenvalue weighted by Crippen LogP contribution is 2.12. The number of halogens is 1. The summed E-state index contributed by atoms with van der Waals surface area (Å²) in [5.41, 5.74) is -0.0386. The molecular weight excluding hydrogens is 211 g/mol. The minimum atomic E-state index is -0.662. The van der Waals surface area contributed by atoms with Gasteiger partial charge in [-0.05, 0) is 12.1 Å². The van der Waals surface area contributed by atoms with Crippen LogP contribution in [0.3, 0.4) is 0 Å². The lowest BCUT2D eigenvalue weighted by Crippen LogP contribution is -2.10. The van der Waals surface area contributed by atoms with E-state index in [1.807, 2.05) is 0 Å². The van der Waals surface area contributed by atoms with Gasteiger partial charge in [-0.2, -0.15) is 0 Å². The van der Waals surface area contributed by atoms with E-state index in [0.29, 0.717) is 0 Å². The van der Waals surface area contributed by atoms with Gasteiger partial charge in [0.1, 0.15) is 5.82 Å². The first kappa shape index (κ1) is 12.1. The van der Waals surface area contributed by atoms with Crippen molar-refractivity contribution in [1.29, 1.82) is 0 Å². The van der Waals surface area contributed by atoms with Crippen LogP contribution in [0, 0.1) is 5.82 Å². The second-order valence-corrected chi connectivity index (χ2v) is 3.17. The van der Waals surface area contributed by atoms with E-state index in [9.17, 15) is 14.0 Å². The SMILES string of the molecule is C=C(CC(=O)c1ccccc1F)C(=O)OC. The van der Waals surface area contributed by atoms with Crippen molar-refractivity contribution in [1.82, 2.24) is 0 Å². The second kappa shape index (κ2) is 5.21. The molecule has 0 unspecified atom stereocenters. The van der Waals surface area contributed by atoms with E-state index >= 15 is 0 Å². The minimum absolute atomic E-state index is 0.00996. The molecule has 0 saturated carbocycles. The fraction of sp³-hybridized carbons (Fsp3) is 0.167. The lowest BCUT2D eigenvalue weighted by molar-refractivity contribution is -0.136. The maximum absolute atomic E-state index is 13.2. The van der Waals surface area contributed by atoms with Gasteiger partial charge in [0.15, 0.2) is 5.78 Å². The fourth-order valence-corrected chi connectivity index (χ4v) is 1.19. The monoisotopic (exact) mass is 222 g/mol. The van der Waals surface area contributed by atoms with E-state index < -0.39 is 17.6 Å². The third kappa shape index (κ3) is 2.76. The lowest BCUT2D eigenvalue weighted by atomic mass is 10.0. The number of rotatable bonds is 4. The van der Waals surface area contributed by atoms with Crippen LogP contribution in [-0.2, 0) is 9.53 Å². The molecule has 0 aliphatic heterocycles. The molecule has 0 heterocycles. The van der Waals surface area contributed by atoms with Crippen LogP contribution >= 0.6 is 0 Å². The summed E-state index contributed by atoms with van der Waals surface area (Å²) in [5.74, 6) is -1.76. The predicted octanol–water partition coefficient (Wildman–Crippen LogP) is 2.13. The van der Waals surface area contributed by atoms with Gasteiger partial charge in [0.25, 0.3) is 0 Å². The summed E-state index contributed by atoms with van der Waals surface area (Å²) in [7, 11) is 1.20. The number of carbonyl (C=O) groups is 2. The summed E-state index contributed by atoms with van der Waals surface area (Å²) in [5, 5.41) is 0. The molecular formula is C12H11FO3. The second-order valence-electron chi connectivity index (χ2n) is 3.17. The highest BCUT2D eigenvalue weighted by molar-refractivity contribution is 6.03. The zero-order valence-corrected chi connectivity index (χ0v) is 8.83. The number of carbonyl (C=O) groups excluding carboxylic acids is 2. The standard InChI is InChI=1S/C12H11FO3/c1-8(12(15)16-2)7-11(14)9-5-3-4-6-10(9)13/h3-6H,1,7H2,2H3. The molecule has 0 fully saturated rings. The van der Waals surface area contributed by atoms with E-state index in [-0.39, 0.29) is 17.6 Å². The molecule has 0 aliphatic rings. The summed E-state index contributed by atoms with van der Waals surface area (Å²) in [4.78, 5) is 22.6.